The number of para-hydroxylation sites is 1. The first kappa shape index (κ1) is 14.2. The van der Waals surface area contributed by atoms with Crippen LogP contribution in [0.4, 0.5) is 0 Å². The zero-order valence-electron chi connectivity index (χ0n) is 11.5. The molecule has 0 radical (unpaired) electrons. The lowest BCUT2D eigenvalue weighted by atomic mass is 10.2. The van der Waals surface area contributed by atoms with Gasteiger partial charge in [-0.1, -0.05) is 29.8 Å². The van der Waals surface area contributed by atoms with Gasteiger partial charge in [-0.3, -0.25) is 0 Å². The molecule has 0 spiro atoms. The summed E-state index contributed by atoms with van der Waals surface area (Å²) in [6.45, 7) is 0.642. The molecule has 0 amide bonds. The topological polar surface area (TPSA) is 27.1 Å². The zero-order chi connectivity index (χ0) is 14.8. The van der Waals surface area contributed by atoms with Crippen LogP contribution in [0, 0.1) is 0 Å². The summed E-state index contributed by atoms with van der Waals surface area (Å²) in [5, 5.41) is 0.685. The molecule has 3 nitrogen and oxygen atoms in total. The molecular weight excluding hydrogens is 307 g/mol. The van der Waals surface area contributed by atoms with Gasteiger partial charge in [0, 0.05) is 10.6 Å². The van der Waals surface area contributed by atoms with E-state index in [0.717, 1.165) is 28.2 Å². The molecule has 0 unspecified atom stereocenters. The van der Waals surface area contributed by atoms with Crippen LogP contribution in [-0.4, -0.2) is 16.7 Å². The maximum absolute atomic E-state index is 6.11. The molecule has 3 aromatic rings. The molecule has 0 N–H and O–H groups in total. The second kappa shape index (κ2) is 5.96. The number of hydrogen-bond donors (Lipinski definition) is 0. The molecule has 108 valence electrons. The fourth-order valence-electron chi connectivity index (χ4n) is 2.43. The van der Waals surface area contributed by atoms with Crippen LogP contribution < -0.4 is 4.74 Å². The minimum absolute atomic E-state index is 0.349. The third-order valence-corrected chi connectivity index (χ3v) is 3.90. The average molecular weight is 321 g/mol. The number of ether oxygens (including phenoxy) is 1. The number of aromatic nitrogens is 2. The number of nitrogens with zero attached hydrogens (tertiary/aromatic N) is 2. The molecule has 1 aromatic heterocycles. The predicted molar refractivity (Wildman–Crippen MR) is 86.4 cm³/mol. The van der Waals surface area contributed by atoms with Gasteiger partial charge in [0.1, 0.15) is 11.6 Å². The van der Waals surface area contributed by atoms with Gasteiger partial charge in [-0.25, -0.2) is 4.98 Å². The van der Waals surface area contributed by atoms with Crippen molar-refractivity contribution in [3.63, 3.8) is 0 Å². The number of benzene rings is 2. The van der Waals surface area contributed by atoms with Crippen molar-refractivity contribution in [1.82, 2.24) is 9.55 Å². The Morgan fingerprint density at radius 2 is 2.00 bits per heavy atom. The first-order valence-corrected chi connectivity index (χ1v) is 7.46. The Bertz CT molecular complexity index is 783. The molecule has 0 saturated carbocycles. The lowest BCUT2D eigenvalue weighted by Gasteiger charge is -2.11. The number of alkyl halides is 1. The third kappa shape index (κ3) is 2.71. The van der Waals surface area contributed by atoms with E-state index in [0.29, 0.717) is 17.4 Å². The Kier molecular flexibility index (Phi) is 4.04. The van der Waals surface area contributed by atoms with E-state index in [1.807, 2.05) is 42.5 Å². The van der Waals surface area contributed by atoms with Crippen LogP contribution >= 0.6 is 23.2 Å². The lowest BCUT2D eigenvalue weighted by molar-refractivity contribution is 0.408. The molecule has 2 aromatic carbocycles. The predicted octanol–water partition coefficient (Wildman–Crippen LogP) is 4.49. The van der Waals surface area contributed by atoms with Crippen molar-refractivity contribution in [2.45, 2.75) is 12.4 Å². The molecule has 5 heteroatoms. The lowest BCUT2D eigenvalue weighted by Crippen LogP contribution is -2.05. The highest BCUT2D eigenvalue weighted by molar-refractivity contribution is 6.31. The van der Waals surface area contributed by atoms with Crippen molar-refractivity contribution in [2.75, 3.05) is 7.11 Å². The summed E-state index contributed by atoms with van der Waals surface area (Å²) in [6, 6.07) is 13.6. The maximum Gasteiger partial charge on any atom is 0.125 e. The fraction of sp³-hybridized carbons (Fsp3) is 0.188. The zero-order valence-corrected chi connectivity index (χ0v) is 13.0. The molecule has 0 saturated heterocycles. The second-order valence-corrected chi connectivity index (χ2v) is 5.40. The van der Waals surface area contributed by atoms with Gasteiger partial charge in [0.05, 0.1) is 30.6 Å². The Morgan fingerprint density at radius 1 is 1.19 bits per heavy atom. The van der Waals surface area contributed by atoms with Crippen LogP contribution in [0.1, 0.15) is 11.4 Å². The molecule has 0 aliphatic carbocycles. The van der Waals surface area contributed by atoms with Crippen LogP contribution in [0.3, 0.4) is 0 Å². The minimum Gasteiger partial charge on any atom is -0.496 e. The van der Waals surface area contributed by atoms with E-state index >= 15 is 0 Å². The molecule has 0 atom stereocenters. The van der Waals surface area contributed by atoms with Crippen LogP contribution in [0.25, 0.3) is 11.0 Å². The number of halogens is 2. The van der Waals surface area contributed by atoms with Crippen molar-refractivity contribution in [3.8, 4) is 5.75 Å². The quantitative estimate of drug-likeness (QED) is 0.662. The maximum atomic E-state index is 6.11. The van der Waals surface area contributed by atoms with Gasteiger partial charge in [-0.15, -0.1) is 11.6 Å². The summed E-state index contributed by atoms with van der Waals surface area (Å²) < 4.78 is 7.49. The monoisotopic (exact) mass is 320 g/mol. The molecule has 0 fully saturated rings. The van der Waals surface area contributed by atoms with Gasteiger partial charge in [0.15, 0.2) is 0 Å². The van der Waals surface area contributed by atoms with Crippen molar-refractivity contribution >= 4 is 34.2 Å². The SMILES string of the molecule is COc1ccccc1Cn1c(CCl)nc2ccc(Cl)cc21. The first-order valence-electron chi connectivity index (χ1n) is 6.55. The molecule has 0 aliphatic heterocycles. The Labute approximate surface area is 133 Å². The Morgan fingerprint density at radius 3 is 2.76 bits per heavy atom. The van der Waals surface area contributed by atoms with Crippen LogP contribution in [0.5, 0.6) is 5.75 Å². The second-order valence-electron chi connectivity index (χ2n) is 4.69. The van der Waals surface area contributed by atoms with Crippen molar-refractivity contribution in [1.29, 1.82) is 0 Å². The number of hydrogen-bond acceptors (Lipinski definition) is 2. The van der Waals surface area contributed by atoms with Crippen LogP contribution in [0.2, 0.25) is 5.02 Å². The highest BCUT2D eigenvalue weighted by atomic mass is 35.5. The minimum atomic E-state index is 0.349. The van der Waals surface area contributed by atoms with Crippen LogP contribution in [0.15, 0.2) is 42.5 Å². The number of imidazole rings is 1. The number of fused-ring (bicyclic) bond motifs is 1. The van der Waals surface area contributed by atoms with E-state index in [9.17, 15) is 0 Å². The molecule has 1 heterocycles. The fourth-order valence-corrected chi connectivity index (χ4v) is 2.80. The summed E-state index contributed by atoms with van der Waals surface area (Å²) in [5.41, 5.74) is 2.94. The third-order valence-electron chi connectivity index (χ3n) is 3.43. The van der Waals surface area contributed by atoms with E-state index in [-0.39, 0.29) is 0 Å². The first-order chi connectivity index (χ1) is 10.2. The normalized spacial score (nSPS) is 11.0. The van der Waals surface area contributed by atoms with E-state index in [1.165, 1.54) is 0 Å². The highest BCUT2D eigenvalue weighted by Crippen LogP contribution is 2.25. The van der Waals surface area contributed by atoms with Gasteiger partial charge < -0.3 is 9.30 Å². The van der Waals surface area contributed by atoms with Gasteiger partial charge in [-0.05, 0) is 24.3 Å². The standard InChI is InChI=1S/C16H14Cl2N2O/c1-21-15-5-3-2-4-11(15)10-20-14-8-12(18)6-7-13(14)19-16(20)9-17/h2-8H,9-10H2,1H3. The number of methoxy groups -OCH3 is 1. The van der Waals surface area contributed by atoms with E-state index in [2.05, 4.69) is 9.55 Å². The summed E-state index contributed by atoms with van der Waals surface area (Å²) in [4.78, 5) is 4.56. The largest absolute Gasteiger partial charge is 0.496 e. The summed E-state index contributed by atoms with van der Waals surface area (Å²) in [7, 11) is 1.67. The Balaban J connectivity index is 2.12. The number of rotatable bonds is 4. The molecule has 0 aliphatic rings. The summed E-state index contributed by atoms with van der Waals surface area (Å²) in [5.74, 6) is 2.02. The van der Waals surface area contributed by atoms with Gasteiger partial charge in [0.25, 0.3) is 0 Å². The van der Waals surface area contributed by atoms with E-state index < -0.39 is 0 Å². The van der Waals surface area contributed by atoms with Crippen molar-refractivity contribution < 1.29 is 4.74 Å². The smallest absolute Gasteiger partial charge is 0.125 e. The molecule has 3 rings (SSSR count). The van der Waals surface area contributed by atoms with Crippen LogP contribution in [-0.2, 0) is 12.4 Å². The van der Waals surface area contributed by atoms with Gasteiger partial charge in [0.2, 0.25) is 0 Å². The van der Waals surface area contributed by atoms with Crippen molar-refractivity contribution in [2.24, 2.45) is 0 Å². The molecule has 21 heavy (non-hydrogen) atoms. The van der Waals surface area contributed by atoms with Gasteiger partial charge in [-0.2, -0.15) is 0 Å². The average Bonchev–Trinajstić information content (AvgIpc) is 2.85. The molecular formula is C16H14Cl2N2O. The Hall–Kier alpha value is -1.71. The summed E-state index contributed by atoms with van der Waals surface area (Å²) in [6.07, 6.45) is 0. The molecule has 0 bridgehead atoms. The van der Waals surface area contributed by atoms with E-state index in [1.54, 1.807) is 7.11 Å². The van der Waals surface area contributed by atoms with E-state index in [4.69, 9.17) is 27.9 Å². The summed E-state index contributed by atoms with van der Waals surface area (Å²) >= 11 is 12.1. The highest BCUT2D eigenvalue weighted by Gasteiger charge is 2.12. The van der Waals surface area contributed by atoms with Crippen molar-refractivity contribution in [3.05, 3.63) is 58.9 Å². The van der Waals surface area contributed by atoms with Gasteiger partial charge >= 0.3 is 0 Å².